The van der Waals surface area contributed by atoms with Crippen LogP contribution in [0.25, 0.3) is 11.2 Å². The van der Waals surface area contributed by atoms with E-state index in [0.29, 0.717) is 29.9 Å². The fourth-order valence-electron chi connectivity index (χ4n) is 4.18. The minimum Gasteiger partial charge on any atom is -0.480 e. The number of carbonyl (C=O) groups is 1. The minimum atomic E-state index is -1.28. The zero-order valence-electron chi connectivity index (χ0n) is 20.2. The predicted molar refractivity (Wildman–Crippen MR) is 140 cm³/mol. The molecule has 0 aliphatic carbocycles. The normalized spacial score (nSPS) is 21.8. The molecule has 0 spiro atoms. The fraction of sp³-hybridized carbons (Fsp3) is 0.409. The van der Waals surface area contributed by atoms with Gasteiger partial charge >= 0.3 is 5.97 Å². The summed E-state index contributed by atoms with van der Waals surface area (Å²) >= 11 is 0. The quantitative estimate of drug-likeness (QED) is 0.114. The number of aliphatic imine (C=N–C) groups is 1. The van der Waals surface area contributed by atoms with Crippen molar-refractivity contribution < 1.29 is 24.9 Å². The highest BCUT2D eigenvalue weighted by atomic mass is 35.5. The highest BCUT2D eigenvalue weighted by Crippen LogP contribution is 2.32. The lowest BCUT2D eigenvalue weighted by Gasteiger charge is -2.27. The molecule has 0 amide bonds. The third-order valence-electron chi connectivity index (χ3n) is 6.11. The van der Waals surface area contributed by atoms with Gasteiger partial charge in [0.2, 0.25) is 0 Å². The van der Waals surface area contributed by atoms with Gasteiger partial charge in [-0.15, -0.1) is 12.4 Å². The standard InChI is InChI=1S/C22H30N10O5.ClH/c23-13(21(35)36)5-6-31(7-11-1-3-12(4-2-11)30-22(25)26)8-14-16(33)17(34)20(37-14)32-10-29-15-18(24)27-9-28-19(15)32;/h1-4,9-10,13-14,16-17,20,33-34H,5-8,23H2,(H,35,36)(H2,24,27,28)(H4,25,26,30);1H/t13-,14+,16+,17+,20+;/m0./s1. The van der Waals surface area contributed by atoms with E-state index < -0.39 is 36.6 Å². The van der Waals surface area contributed by atoms with E-state index in [9.17, 15) is 20.1 Å². The van der Waals surface area contributed by atoms with Crippen molar-refractivity contribution in [3.05, 3.63) is 42.5 Å². The Hall–Kier alpha value is -3.60. The first-order valence-electron chi connectivity index (χ1n) is 11.5. The molecule has 1 aromatic carbocycles. The van der Waals surface area contributed by atoms with E-state index >= 15 is 0 Å². The molecule has 3 heterocycles. The van der Waals surface area contributed by atoms with E-state index in [0.717, 1.165) is 5.56 Å². The molecule has 1 saturated heterocycles. The van der Waals surface area contributed by atoms with Crippen molar-refractivity contribution in [2.24, 2.45) is 22.2 Å². The third-order valence-corrected chi connectivity index (χ3v) is 6.11. The Morgan fingerprint density at radius 2 is 1.87 bits per heavy atom. The molecular formula is C22H31ClN10O5. The highest BCUT2D eigenvalue weighted by Gasteiger charge is 2.45. The Morgan fingerprint density at radius 1 is 1.16 bits per heavy atom. The molecular weight excluding hydrogens is 520 g/mol. The molecule has 11 N–H and O–H groups in total. The molecule has 5 atom stereocenters. The summed E-state index contributed by atoms with van der Waals surface area (Å²) in [6.45, 7) is 0.869. The second kappa shape index (κ2) is 12.3. The Balaban J connectivity index is 0.00000400. The molecule has 1 fully saturated rings. The predicted octanol–water partition coefficient (Wildman–Crippen LogP) is -1.34. The van der Waals surface area contributed by atoms with Crippen LogP contribution >= 0.6 is 12.4 Å². The van der Waals surface area contributed by atoms with Crippen LogP contribution in [0.1, 0.15) is 18.2 Å². The Morgan fingerprint density at radius 3 is 2.53 bits per heavy atom. The lowest BCUT2D eigenvalue weighted by Crippen LogP contribution is -2.42. The molecule has 38 heavy (non-hydrogen) atoms. The summed E-state index contributed by atoms with van der Waals surface area (Å²) < 4.78 is 7.54. The zero-order chi connectivity index (χ0) is 26.7. The molecule has 16 heteroatoms. The number of fused-ring (bicyclic) bond motifs is 1. The van der Waals surface area contributed by atoms with Gasteiger partial charge in [0, 0.05) is 19.6 Å². The van der Waals surface area contributed by atoms with Crippen LogP contribution in [-0.2, 0) is 16.1 Å². The van der Waals surface area contributed by atoms with Gasteiger partial charge in [-0.2, -0.15) is 0 Å². The largest absolute Gasteiger partial charge is 0.480 e. The Kier molecular flexibility index (Phi) is 9.37. The molecule has 0 unspecified atom stereocenters. The average Bonchev–Trinajstić information content (AvgIpc) is 3.40. The first-order valence-corrected chi connectivity index (χ1v) is 11.5. The first-order chi connectivity index (χ1) is 17.6. The van der Waals surface area contributed by atoms with Crippen molar-refractivity contribution in [1.82, 2.24) is 24.4 Å². The average molecular weight is 551 g/mol. The number of guanidine groups is 1. The maximum absolute atomic E-state index is 11.2. The van der Waals surface area contributed by atoms with Crippen LogP contribution < -0.4 is 22.9 Å². The monoisotopic (exact) mass is 550 g/mol. The molecule has 2 aromatic heterocycles. The van der Waals surface area contributed by atoms with Gasteiger partial charge in [-0.1, -0.05) is 12.1 Å². The van der Waals surface area contributed by atoms with Crippen molar-refractivity contribution in [2.45, 2.75) is 43.5 Å². The number of nitrogens with two attached hydrogens (primary N) is 4. The molecule has 0 bridgehead atoms. The number of hydrogen-bond acceptors (Lipinski definition) is 11. The lowest BCUT2D eigenvalue weighted by atomic mass is 10.1. The smallest absolute Gasteiger partial charge is 0.320 e. The number of carboxylic acid groups (broad SMARTS) is 1. The van der Waals surface area contributed by atoms with Crippen molar-refractivity contribution in [1.29, 1.82) is 0 Å². The van der Waals surface area contributed by atoms with Crippen LogP contribution in [0.15, 0.2) is 41.9 Å². The number of aliphatic hydroxyl groups is 2. The third kappa shape index (κ3) is 6.45. The molecule has 1 aliphatic rings. The maximum atomic E-state index is 11.2. The number of anilines is 1. The van der Waals surface area contributed by atoms with Crippen LogP contribution in [0, 0.1) is 0 Å². The Labute approximate surface area is 223 Å². The molecule has 4 rings (SSSR count). The van der Waals surface area contributed by atoms with E-state index in [1.54, 1.807) is 12.1 Å². The van der Waals surface area contributed by atoms with Crippen LogP contribution in [0.5, 0.6) is 0 Å². The molecule has 3 aromatic rings. The summed E-state index contributed by atoms with van der Waals surface area (Å²) in [6.07, 6.45) is -1.43. The fourth-order valence-corrected chi connectivity index (χ4v) is 4.18. The van der Waals surface area contributed by atoms with E-state index in [-0.39, 0.29) is 37.2 Å². The van der Waals surface area contributed by atoms with Crippen LogP contribution in [0.2, 0.25) is 0 Å². The summed E-state index contributed by atoms with van der Waals surface area (Å²) in [5.74, 6) is -0.986. The van der Waals surface area contributed by atoms with Gasteiger partial charge < -0.3 is 43.0 Å². The number of aliphatic hydroxyl groups excluding tert-OH is 2. The summed E-state index contributed by atoms with van der Waals surface area (Å²) in [5.41, 5.74) is 24.6. The van der Waals surface area contributed by atoms with Crippen molar-refractivity contribution in [3.63, 3.8) is 0 Å². The molecule has 206 valence electrons. The number of nitrogens with zero attached hydrogens (tertiary/aromatic N) is 6. The second-order valence-corrected chi connectivity index (χ2v) is 8.80. The van der Waals surface area contributed by atoms with Crippen molar-refractivity contribution in [2.75, 3.05) is 18.8 Å². The van der Waals surface area contributed by atoms with Crippen LogP contribution in [0.3, 0.4) is 0 Å². The first kappa shape index (κ1) is 29.0. The number of carboxylic acids is 1. The van der Waals surface area contributed by atoms with Crippen molar-refractivity contribution in [3.8, 4) is 0 Å². The summed E-state index contributed by atoms with van der Waals surface area (Å²) in [6, 6.07) is 6.10. The number of halogens is 1. The Bertz CT molecular complexity index is 1270. The molecule has 0 saturated carbocycles. The zero-order valence-corrected chi connectivity index (χ0v) is 21.1. The van der Waals surface area contributed by atoms with E-state index in [1.165, 1.54) is 17.2 Å². The number of benzene rings is 1. The summed E-state index contributed by atoms with van der Waals surface area (Å²) in [7, 11) is 0. The van der Waals surface area contributed by atoms with Gasteiger partial charge in [-0.25, -0.2) is 19.9 Å². The number of ether oxygens (including phenoxy) is 1. The van der Waals surface area contributed by atoms with Gasteiger partial charge in [0.25, 0.3) is 0 Å². The maximum Gasteiger partial charge on any atom is 0.320 e. The SMILES string of the molecule is Cl.NC(N)=Nc1ccc(CN(CC[C@H](N)C(=O)O)C[C@H]2O[C@@H](n3cnc4c(N)ncnc43)[C@H](O)[C@@H]2O)cc1. The summed E-state index contributed by atoms with van der Waals surface area (Å²) in [4.78, 5) is 29.4. The minimum absolute atomic E-state index is 0. The number of imidazole rings is 1. The molecule has 1 aliphatic heterocycles. The lowest BCUT2D eigenvalue weighted by molar-refractivity contribution is -0.138. The summed E-state index contributed by atoms with van der Waals surface area (Å²) in [5, 5.41) is 30.8. The van der Waals surface area contributed by atoms with Gasteiger partial charge in [-0.3, -0.25) is 14.3 Å². The van der Waals surface area contributed by atoms with Gasteiger partial charge in [-0.05, 0) is 24.1 Å². The molecule has 0 radical (unpaired) electrons. The highest BCUT2D eigenvalue weighted by molar-refractivity contribution is 5.85. The topological polar surface area (TPSA) is 250 Å². The molecule has 15 nitrogen and oxygen atoms in total. The van der Waals surface area contributed by atoms with E-state index in [2.05, 4.69) is 19.9 Å². The van der Waals surface area contributed by atoms with Crippen LogP contribution in [0.4, 0.5) is 11.5 Å². The number of hydrogen-bond donors (Lipinski definition) is 7. The van der Waals surface area contributed by atoms with Gasteiger partial charge in [0.15, 0.2) is 23.7 Å². The number of nitrogen functional groups attached to an aromatic ring is 1. The second-order valence-electron chi connectivity index (χ2n) is 8.80. The van der Waals surface area contributed by atoms with Crippen LogP contribution in [-0.4, -0.2) is 89.1 Å². The van der Waals surface area contributed by atoms with E-state index in [1.807, 2.05) is 17.0 Å². The van der Waals surface area contributed by atoms with Gasteiger partial charge in [0.1, 0.15) is 36.2 Å². The van der Waals surface area contributed by atoms with E-state index in [4.69, 9.17) is 27.7 Å². The number of aliphatic carboxylic acids is 1. The number of aromatic nitrogens is 4. The van der Waals surface area contributed by atoms with Crippen molar-refractivity contribution >= 4 is 47.0 Å². The van der Waals surface area contributed by atoms with Gasteiger partial charge in [0.05, 0.1) is 12.0 Å². The number of rotatable bonds is 10.